The third-order valence-electron chi connectivity index (χ3n) is 2.97. The van der Waals surface area contributed by atoms with E-state index < -0.39 is 17.8 Å². The predicted octanol–water partition coefficient (Wildman–Crippen LogP) is 0.973. The molecule has 19 heavy (non-hydrogen) atoms. The van der Waals surface area contributed by atoms with Gasteiger partial charge in [0.2, 0.25) is 5.91 Å². The highest BCUT2D eigenvalue weighted by atomic mass is 79.9. The summed E-state index contributed by atoms with van der Waals surface area (Å²) in [5.41, 5.74) is 0.612. The minimum absolute atomic E-state index is 0.0140. The van der Waals surface area contributed by atoms with Gasteiger partial charge in [0.25, 0.3) is 0 Å². The molecule has 1 aliphatic heterocycles. The first kappa shape index (κ1) is 14.0. The smallest absolute Gasteiger partial charge is 0.322 e. The Kier molecular flexibility index (Phi) is 4.16. The molecule has 5 nitrogen and oxygen atoms in total. The molecule has 1 heterocycles. The van der Waals surface area contributed by atoms with Crippen LogP contribution < -0.4 is 5.32 Å². The molecule has 2 N–H and O–H groups in total. The molecule has 7 heteroatoms. The third-order valence-corrected chi connectivity index (χ3v) is 3.86. The first-order chi connectivity index (χ1) is 8.99. The molecular weight excluding hydrogens is 319 g/mol. The van der Waals surface area contributed by atoms with Gasteiger partial charge in [0.1, 0.15) is 11.9 Å². The third kappa shape index (κ3) is 3.10. The van der Waals surface area contributed by atoms with Gasteiger partial charge in [-0.1, -0.05) is 12.1 Å². The maximum Gasteiger partial charge on any atom is 0.322 e. The van der Waals surface area contributed by atoms with E-state index in [4.69, 9.17) is 5.11 Å². The van der Waals surface area contributed by atoms with Crippen LogP contribution in [0.4, 0.5) is 4.39 Å². The van der Waals surface area contributed by atoms with E-state index in [0.717, 1.165) is 0 Å². The first-order valence-electron chi connectivity index (χ1n) is 5.65. The van der Waals surface area contributed by atoms with Gasteiger partial charge in [-0.05, 0) is 27.6 Å². The van der Waals surface area contributed by atoms with E-state index >= 15 is 0 Å². The van der Waals surface area contributed by atoms with E-state index in [1.54, 1.807) is 12.1 Å². The maximum atomic E-state index is 13.4. The fourth-order valence-corrected chi connectivity index (χ4v) is 2.38. The average molecular weight is 331 g/mol. The molecule has 0 spiro atoms. The van der Waals surface area contributed by atoms with E-state index in [2.05, 4.69) is 21.2 Å². The summed E-state index contributed by atoms with van der Waals surface area (Å²) in [6.07, 6.45) is 0. The fourth-order valence-electron chi connectivity index (χ4n) is 1.99. The molecule has 1 unspecified atom stereocenters. The highest BCUT2D eigenvalue weighted by Gasteiger charge is 2.32. The zero-order valence-corrected chi connectivity index (χ0v) is 11.5. The number of hydrogen-bond donors (Lipinski definition) is 2. The van der Waals surface area contributed by atoms with Gasteiger partial charge in [-0.3, -0.25) is 14.5 Å². The Morgan fingerprint density at radius 2 is 2.32 bits per heavy atom. The number of halogens is 2. The number of carbonyl (C=O) groups excluding carboxylic acids is 1. The largest absolute Gasteiger partial charge is 0.480 e. The predicted molar refractivity (Wildman–Crippen MR) is 68.9 cm³/mol. The van der Waals surface area contributed by atoms with Crippen LogP contribution in [0.15, 0.2) is 22.7 Å². The molecule has 1 atom stereocenters. The summed E-state index contributed by atoms with van der Waals surface area (Å²) in [7, 11) is 0. The summed E-state index contributed by atoms with van der Waals surface area (Å²) < 4.78 is 13.7. The van der Waals surface area contributed by atoms with Crippen molar-refractivity contribution in [1.82, 2.24) is 10.2 Å². The molecule has 1 saturated heterocycles. The maximum absolute atomic E-state index is 13.4. The summed E-state index contributed by atoms with van der Waals surface area (Å²) in [5, 5.41) is 11.6. The van der Waals surface area contributed by atoms with Gasteiger partial charge in [0.05, 0.1) is 11.0 Å². The van der Waals surface area contributed by atoms with Crippen LogP contribution in [0.25, 0.3) is 0 Å². The number of benzene rings is 1. The van der Waals surface area contributed by atoms with Gasteiger partial charge in [-0.25, -0.2) is 4.39 Å². The second-order valence-electron chi connectivity index (χ2n) is 4.28. The summed E-state index contributed by atoms with van der Waals surface area (Å²) >= 11 is 3.13. The van der Waals surface area contributed by atoms with Crippen LogP contribution in [-0.2, 0) is 16.1 Å². The Labute approximate surface area is 117 Å². The summed E-state index contributed by atoms with van der Waals surface area (Å²) in [6.45, 7) is 0.240. The zero-order chi connectivity index (χ0) is 14.0. The molecule has 1 amide bonds. The molecule has 0 aromatic heterocycles. The molecule has 0 aliphatic carbocycles. The lowest BCUT2D eigenvalue weighted by atomic mass is 10.1. The van der Waals surface area contributed by atoms with Crippen molar-refractivity contribution in [2.75, 3.05) is 13.1 Å². The number of aliphatic carboxylic acids is 1. The van der Waals surface area contributed by atoms with Crippen LogP contribution in [0.2, 0.25) is 0 Å². The van der Waals surface area contributed by atoms with Crippen molar-refractivity contribution in [3.05, 3.63) is 34.1 Å². The Morgan fingerprint density at radius 1 is 1.58 bits per heavy atom. The second kappa shape index (κ2) is 5.66. The molecular formula is C12H12BrFN2O3. The molecule has 1 aromatic rings. The van der Waals surface area contributed by atoms with E-state index in [1.165, 1.54) is 11.0 Å². The number of carbonyl (C=O) groups is 2. The molecule has 102 valence electrons. The second-order valence-corrected chi connectivity index (χ2v) is 5.07. The number of carboxylic acid groups (broad SMARTS) is 1. The van der Waals surface area contributed by atoms with Crippen molar-refractivity contribution in [2.24, 2.45) is 0 Å². The van der Waals surface area contributed by atoms with Crippen molar-refractivity contribution in [3.63, 3.8) is 0 Å². The zero-order valence-electron chi connectivity index (χ0n) is 9.90. The Balaban J connectivity index is 2.21. The van der Waals surface area contributed by atoms with Gasteiger partial charge in [0.15, 0.2) is 0 Å². The lowest BCUT2D eigenvalue weighted by Gasteiger charge is -2.32. The van der Waals surface area contributed by atoms with Gasteiger partial charge in [-0.2, -0.15) is 0 Å². The van der Waals surface area contributed by atoms with Gasteiger partial charge >= 0.3 is 5.97 Å². The van der Waals surface area contributed by atoms with Gasteiger partial charge < -0.3 is 10.4 Å². The Hall–Kier alpha value is -1.47. The van der Waals surface area contributed by atoms with E-state index in [0.29, 0.717) is 10.0 Å². The van der Waals surface area contributed by atoms with E-state index in [1.807, 2.05) is 0 Å². The summed E-state index contributed by atoms with van der Waals surface area (Å²) in [4.78, 5) is 24.0. The van der Waals surface area contributed by atoms with Crippen LogP contribution in [0.1, 0.15) is 5.56 Å². The van der Waals surface area contributed by atoms with Crippen molar-refractivity contribution in [2.45, 2.75) is 12.6 Å². The van der Waals surface area contributed by atoms with Gasteiger partial charge in [0, 0.05) is 13.1 Å². The highest BCUT2D eigenvalue weighted by molar-refractivity contribution is 9.10. The summed E-state index contributed by atoms with van der Waals surface area (Å²) in [6, 6.07) is 3.76. The number of nitrogens with zero attached hydrogens (tertiary/aromatic N) is 1. The topological polar surface area (TPSA) is 69.6 Å². The number of nitrogens with one attached hydrogen (secondary N) is 1. The van der Waals surface area contributed by atoms with Gasteiger partial charge in [-0.15, -0.1) is 0 Å². The summed E-state index contributed by atoms with van der Waals surface area (Å²) in [5.74, 6) is -1.65. The molecule has 0 radical (unpaired) electrons. The lowest BCUT2D eigenvalue weighted by Crippen LogP contribution is -2.56. The Morgan fingerprint density at radius 3 is 3.00 bits per heavy atom. The minimum atomic E-state index is -1.01. The molecule has 2 rings (SSSR count). The van der Waals surface area contributed by atoms with Crippen LogP contribution in [-0.4, -0.2) is 41.0 Å². The first-order valence-corrected chi connectivity index (χ1v) is 6.45. The average Bonchev–Trinajstić information content (AvgIpc) is 2.35. The number of amides is 1. The van der Waals surface area contributed by atoms with Crippen molar-refractivity contribution in [3.8, 4) is 0 Å². The number of hydrogen-bond acceptors (Lipinski definition) is 3. The molecule has 1 aromatic carbocycles. The Bertz CT molecular complexity index is 524. The SMILES string of the molecule is O=C1CN(Cc2cccc(F)c2Br)C(C(=O)O)CN1. The van der Waals surface area contributed by atoms with Crippen LogP contribution in [0.5, 0.6) is 0 Å². The van der Waals surface area contributed by atoms with Crippen molar-refractivity contribution >= 4 is 27.8 Å². The number of piperazine rings is 1. The molecule has 0 bridgehead atoms. The number of rotatable bonds is 3. The molecule has 0 saturated carbocycles. The normalized spacial score (nSPS) is 20.1. The molecule has 1 aliphatic rings. The van der Waals surface area contributed by atoms with Crippen molar-refractivity contribution < 1.29 is 19.1 Å². The van der Waals surface area contributed by atoms with Crippen LogP contribution in [0, 0.1) is 5.82 Å². The van der Waals surface area contributed by atoms with E-state index in [-0.39, 0.29) is 25.5 Å². The van der Waals surface area contributed by atoms with Crippen LogP contribution >= 0.6 is 15.9 Å². The number of carboxylic acids is 1. The van der Waals surface area contributed by atoms with Crippen LogP contribution in [0.3, 0.4) is 0 Å². The molecule has 1 fully saturated rings. The van der Waals surface area contributed by atoms with Crippen molar-refractivity contribution in [1.29, 1.82) is 0 Å². The monoisotopic (exact) mass is 330 g/mol. The van der Waals surface area contributed by atoms with E-state index in [9.17, 15) is 14.0 Å². The minimum Gasteiger partial charge on any atom is -0.480 e. The fraction of sp³-hybridized carbons (Fsp3) is 0.333. The highest BCUT2D eigenvalue weighted by Crippen LogP contribution is 2.23. The standard InChI is InChI=1S/C12H12BrFN2O3/c13-11-7(2-1-3-8(11)14)5-16-6-10(17)15-4-9(16)12(18)19/h1-3,9H,4-6H2,(H,15,17)(H,18,19). The lowest BCUT2D eigenvalue weighted by molar-refractivity contribution is -0.146. The quantitative estimate of drug-likeness (QED) is 0.866.